The molecule has 2 N–H and O–H groups in total. The van der Waals surface area contributed by atoms with E-state index in [0.29, 0.717) is 16.6 Å². The standard InChI is InChI=1S/C15H26N4OS/c1-17-7-4-12(5-8-17)18(2)9-10-19(3)15(20)14-13(16)6-11-21-14/h6,11-12H,4-5,7-10,16H2,1-3H3. The number of carbonyl (C=O) groups is 1. The number of likely N-dealkylation sites (N-methyl/N-ethyl adjacent to an activating group) is 2. The summed E-state index contributed by atoms with van der Waals surface area (Å²) in [5, 5.41) is 1.86. The largest absolute Gasteiger partial charge is 0.397 e. The van der Waals surface area contributed by atoms with Crippen molar-refractivity contribution >= 4 is 22.9 Å². The number of rotatable bonds is 5. The Morgan fingerprint density at radius 3 is 2.62 bits per heavy atom. The molecule has 0 spiro atoms. The zero-order valence-corrected chi connectivity index (χ0v) is 14.0. The summed E-state index contributed by atoms with van der Waals surface area (Å²) < 4.78 is 0. The maximum Gasteiger partial charge on any atom is 0.265 e. The van der Waals surface area contributed by atoms with E-state index < -0.39 is 0 Å². The number of amides is 1. The highest BCUT2D eigenvalue weighted by atomic mass is 32.1. The van der Waals surface area contributed by atoms with Gasteiger partial charge in [0.05, 0.1) is 5.69 Å². The number of carbonyl (C=O) groups excluding carboxylic acids is 1. The van der Waals surface area contributed by atoms with Gasteiger partial charge in [0.2, 0.25) is 0 Å². The molecule has 21 heavy (non-hydrogen) atoms. The minimum absolute atomic E-state index is 0.0271. The smallest absolute Gasteiger partial charge is 0.265 e. The fourth-order valence-electron chi connectivity index (χ4n) is 2.69. The Morgan fingerprint density at radius 2 is 2.05 bits per heavy atom. The van der Waals surface area contributed by atoms with E-state index in [9.17, 15) is 4.79 Å². The molecule has 1 aromatic rings. The Bertz CT molecular complexity index is 468. The number of piperidine rings is 1. The van der Waals surface area contributed by atoms with Crippen molar-refractivity contribution < 1.29 is 4.79 Å². The number of anilines is 1. The number of hydrogen-bond donors (Lipinski definition) is 1. The summed E-state index contributed by atoms with van der Waals surface area (Å²) in [6.45, 7) is 3.96. The SMILES string of the molecule is CN1CCC(N(C)CCN(C)C(=O)c2sccc2N)CC1. The fourth-order valence-corrected chi connectivity index (χ4v) is 3.51. The molecule has 1 aliphatic rings. The molecule has 1 fully saturated rings. The van der Waals surface area contributed by atoms with E-state index in [0.717, 1.165) is 26.2 Å². The third-order valence-corrected chi connectivity index (χ3v) is 5.25. The molecule has 6 heteroatoms. The highest BCUT2D eigenvalue weighted by Crippen LogP contribution is 2.20. The molecule has 1 saturated heterocycles. The van der Waals surface area contributed by atoms with Crippen molar-refractivity contribution in [2.45, 2.75) is 18.9 Å². The Morgan fingerprint density at radius 1 is 1.38 bits per heavy atom. The van der Waals surface area contributed by atoms with Crippen LogP contribution in [0.15, 0.2) is 11.4 Å². The lowest BCUT2D eigenvalue weighted by Crippen LogP contribution is -2.44. The van der Waals surface area contributed by atoms with Crippen molar-refractivity contribution in [3.8, 4) is 0 Å². The van der Waals surface area contributed by atoms with Crippen molar-refractivity contribution in [1.29, 1.82) is 0 Å². The Kier molecular flexibility index (Phi) is 5.61. The summed E-state index contributed by atoms with van der Waals surface area (Å²) in [6.07, 6.45) is 2.42. The van der Waals surface area contributed by atoms with Gasteiger partial charge in [-0.05, 0) is 51.5 Å². The monoisotopic (exact) mass is 310 g/mol. The molecule has 1 amide bonds. The van der Waals surface area contributed by atoms with Crippen molar-refractivity contribution in [1.82, 2.24) is 14.7 Å². The lowest BCUT2D eigenvalue weighted by atomic mass is 10.0. The van der Waals surface area contributed by atoms with Gasteiger partial charge in [0.25, 0.3) is 5.91 Å². The van der Waals surface area contributed by atoms with Crippen LogP contribution in [-0.2, 0) is 0 Å². The van der Waals surface area contributed by atoms with Gasteiger partial charge in [-0.3, -0.25) is 4.79 Å². The van der Waals surface area contributed by atoms with Crippen LogP contribution < -0.4 is 5.73 Å². The lowest BCUT2D eigenvalue weighted by molar-refractivity contribution is 0.0764. The van der Waals surface area contributed by atoms with Crippen LogP contribution in [0.3, 0.4) is 0 Å². The Balaban J connectivity index is 1.79. The van der Waals surface area contributed by atoms with E-state index in [-0.39, 0.29) is 5.91 Å². The molecule has 0 bridgehead atoms. The molecule has 2 rings (SSSR count). The molecule has 0 aliphatic carbocycles. The molecular weight excluding hydrogens is 284 g/mol. The molecule has 2 heterocycles. The van der Waals surface area contributed by atoms with Crippen LogP contribution in [0.25, 0.3) is 0 Å². The van der Waals surface area contributed by atoms with Gasteiger partial charge in [-0.1, -0.05) is 0 Å². The fraction of sp³-hybridized carbons (Fsp3) is 0.667. The molecule has 118 valence electrons. The first-order valence-corrected chi connectivity index (χ1v) is 8.34. The molecule has 0 saturated carbocycles. The molecule has 0 atom stereocenters. The van der Waals surface area contributed by atoms with Crippen LogP contribution in [0, 0.1) is 0 Å². The van der Waals surface area contributed by atoms with Crippen LogP contribution in [0.4, 0.5) is 5.69 Å². The van der Waals surface area contributed by atoms with Crippen molar-refractivity contribution in [2.75, 3.05) is 53.1 Å². The van der Waals surface area contributed by atoms with E-state index in [1.165, 1.54) is 24.2 Å². The molecule has 1 aromatic heterocycles. The normalized spacial score (nSPS) is 17.3. The predicted molar refractivity (Wildman–Crippen MR) is 88.8 cm³/mol. The second-order valence-electron chi connectivity index (χ2n) is 5.95. The van der Waals surface area contributed by atoms with Crippen molar-refractivity contribution in [3.63, 3.8) is 0 Å². The second-order valence-corrected chi connectivity index (χ2v) is 6.86. The quantitative estimate of drug-likeness (QED) is 0.894. The topological polar surface area (TPSA) is 52.8 Å². The maximum atomic E-state index is 12.3. The third kappa shape index (κ3) is 4.18. The van der Waals surface area contributed by atoms with Crippen LogP contribution in [0.1, 0.15) is 22.5 Å². The summed E-state index contributed by atoms with van der Waals surface area (Å²) in [7, 11) is 6.19. The molecule has 5 nitrogen and oxygen atoms in total. The van der Waals surface area contributed by atoms with Gasteiger partial charge >= 0.3 is 0 Å². The molecular formula is C15H26N4OS. The first kappa shape index (κ1) is 16.3. The van der Waals surface area contributed by atoms with Gasteiger partial charge in [-0.25, -0.2) is 0 Å². The maximum absolute atomic E-state index is 12.3. The number of nitrogens with two attached hydrogens (primary N) is 1. The molecule has 1 aliphatic heterocycles. The molecule has 0 aromatic carbocycles. The number of nitrogen functional groups attached to an aromatic ring is 1. The number of likely N-dealkylation sites (tertiary alicyclic amines) is 1. The van der Waals surface area contributed by atoms with E-state index in [2.05, 4.69) is 23.9 Å². The summed E-state index contributed by atoms with van der Waals surface area (Å²) in [6, 6.07) is 2.42. The average molecular weight is 310 g/mol. The molecule has 0 unspecified atom stereocenters. The lowest BCUT2D eigenvalue weighted by Gasteiger charge is -2.35. The number of nitrogens with zero attached hydrogens (tertiary/aromatic N) is 3. The summed E-state index contributed by atoms with van der Waals surface area (Å²) in [4.78, 5) is 19.5. The zero-order valence-electron chi connectivity index (χ0n) is 13.2. The van der Waals surface area contributed by atoms with Crippen LogP contribution in [-0.4, -0.2) is 74.0 Å². The number of hydrogen-bond acceptors (Lipinski definition) is 5. The van der Waals surface area contributed by atoms with E-state index in [4.69, 9.17) is 5.73 Å². The van der Waals surface area contributed by atoms with Crippen LogP contribution >= 0.6 is 11.3 Å². The van der Waals surface area contributed by atoms with E-state index in [1.807, 2.05) is 12.4 Å². The minimum atomic E-state index is 0.0271. The minimum Gasteiger partial charge on any atom is -0.397 e. The van der Waals surface area contributed by atoms with Crippen molar-refractivity contribution in [2.24, 2.45) is 0 Å². The predicted octanol–water partition coefficient (Wildman–Crippen LogP) is 1.43. The van der Waals surface area contributed by atoms with Crippen LogP contribution in [0.2, 0.25) is 0 Å². The van der Waals surface area contributed by atoms with E-state index in [1.54, 1.807) is 11.0 Å². The highest BCUT2D eigenvalue weighted by Gasteiger charge is 2.21. The average Bonchev–Trinajstić information content (AvgIpc) is 2.90. The van der Waals surface area contributed by atoms with E-state index >= 15 is 0 Å². The van der Waals surface area contributed by atoms with Gasteiger partial charge in [0.1, 0.15) is 4.88 Å². The van der Waals surface area contributed by atoms with Crippen molar-refractivity contribution in [3.05, 3.63) is 16.3 Å². The van der Waals surface area contributed by atoms with Gasteiger partial charge in [0.15, 0.2) is 0 Å². The molecule has 0 radical (unpaired) electrons. The third-order valence-electron chi connectivity index (χ3n) is 4.34. The zero-order chi connectivity index (χ0) is 15.4. The van der Waals surface area contributed by atoms with Gasteiger partial charge in [-0.2, -0.15) is 0 Å². The highest BCUT2D eigenvalue weighted by molar-refractivity contribution is 7.12. The summed E-state index contributed by atoms with van der Waals surface area (Å²) in [5.74, 6) is 0.0271. The first-order valence-electron chi connectivity index (χ1n) is 7.46. The second kappa shape index (κ2) is 7.24. The summed E-state index contributed by atoms with van der Waals surface area (Å²) >= 11 is 1.41. The summed E-state index contributed by atoms with van der Waals surface area (Å²) in [5.41, 5.74) is 6.40. The van der Waals surface area contributed by atoms with Gasteiger partial charge in [-0.15, -0.1) is 11.3 Å². The van der Waals surface area contributed by atoms with Crippen LogP contribution in [0.5, 0.6) is 0 Å². The Labute approximate surface area is 131 Å². The first-order chi connectivity index (χ1) is 9.99. The Hall–Kier alpha value is -1.11. The number of thiophene rings is 1. The van der Waals surface area contributed by atoms with Gasteiger partial charge < -0.3 is 20.4 Å². The van der Waals surface area contributed by atoms with Gasteiger partial charge in [0, 0.05) is 26.2 Å².